The van der Waals surface area contributed by atoms with Crippen molar-refractivity contribution >= 4 is 38.9 Å². The van der Waals surface area contributed by atoms with E-state index in [9.17, 15) is 4.39 Å². The molecule has 0 spiro atoms. The Labute approximate surface area is 110 Å². The van der Waals surface area contributed by atoms with Crippen LogP contribution in [0.1, 0.15) is 16.5 Å². The zero-order chi connectivity index (χ0) is 11.7. The Bertz CT molecular complexity index is 514. The van der Waals surface area contributed by atoms with E-state index in [1.165, 1.54) is 17.4 Å². The van der Waals surface area contributed by atoms with E-state index in [1.54, 1.807) is 18.2 Å². The average Bonchev–Trinajstić information content (AvgIpc) is 2.68. The molecule has 1 atom stereocenters. The number of benzene rings is 1. The lowest BCUT2D eigenvalue weighted by atomic mass is 10.1. The van der Waals surface area contributed by atoms with Gasteiger partial charge < -0.3 is 5.73 Å². The van der Waals surface area contributed by atoms with Crippen molar-refractivity contribution in [2.45, 2.75) is 6.04 Å². The van der Waals surface area contributed by atoms with Gasteiger partial charge in [-0.25, -0.2) is 4.39 Å². The zero-order valence-electron chi connectivity index (χ0n) is 8.08. The molecule has 0 fully saturated rings. The van der Waals surface area contributed by atoms with Gasteiger partial charge in [0.25, 0.3) is 0 Å². The number of nitrogens with two attached hydrogens (primary N) is 1. The van der Waals surface area contributed by atoms with E-state index < -0.39 is 6.04 Å². The summed E-state index contributed by atoms with van der Waals surface area (Å²) in [6.07, 6.45) is 0. The fraction of sp³-hybridized carbons (Fsp3) is 0.0909. The maximum Gasteiger partial charge on any atom is 0.137 e. The van der Waals surface area contributed by atoms with Gasteiger partial charge in [0.15, 0.2) is 0 Å². The van der Waals surface area contributed by atoms with Crippen LogP contribution >= 0.6 is 38.9 Å². The quantitative estimate of drug-likeness (QED) is 0.874. The van der Waals surface area contributed by atoms with Crippen LogP contribution < -0.4 is 5.73 Å². The van der Waals surface area contributed by atoms with Gasteiger partial charge in [0.2, 0.25) is 0 Å². The molecule has 0 bridgehead atoms. The highest BCUT2D eigenvalue weighted by atomic mass is 79.9. The van der Waals surface area contributed by atoms with Gasteiger partial charge in [-0.05, 0) is 39.0 Å². The Balaban J connectivity index is 2.46. The minimum atomic E-state index is -0.405. The van der Waals surface area contributed by atoms with Gasteiger partial charge in [-0.15, -0.1) is 11.3 Å². The molecule has 0 saturated carbocycles. The minimum absolute atomic E-state index is 0.319. The summed E-state index contributed by atoms with van der Waals surface area (Å²) in [4.78, 5) is 0.841. The van der Waals surface area contributed by atoms with Gasteiger partial charge in [0.1, 0.15) is 5.82 Å². The highest BCUT2D eigenvalue weighted by molar-refractivity contribution is 9.10. The molecular formula is C11H8BrClFNS. The van der Waals surface area contributed by atoms with Crippen molar-refractivity contribution in [1.82, 2.24) is 0 Å². The lowest BCUT2D eigenvalue weighted by molar-refractivity contribution is 0.616. The summed E-state index contributed by atoms with van der Waals surface area (Å²) in [7, 11) is 0. The van der Waals surface area contributed by atoms with Crippen LogP contribution in [0.15, 0.2) is 34.1 Å². The highest BCUT2D eigenvalue weighted by Gasteiger charge is 2.17. The first-order valence-electron chi connectivity index (χ1n) is 4.53. The van der Waals surface area contributed by atoms with Crippen LogP contribution in [0.3, 0.4) is 0 Å². The minimum Gasteiger partial charge on any atom is -0.320 e. The highest BCUT2D eigenvalue weighted by Crippen LogP contribution is 2.34. The fourth-order valence-corrected chi connectivity index (χ4v) is 3.13. The molecular weight excluding hydrogens is 313 g/mol. The van der Waals surface area contributed by atoms with Crippen molar-refractivity contribution < 1.29 is 4.39 Å². The standard InChI is InChI=1S/C11H8BrClFNS/c12-9-6(2-1-3-8(9)14)10(15)11-7(13)4-5-16-11/h1-5,10H,15H2. The van der Waals surface area contributed by atoms with Crippen molar-refractivity contribution in [3.63, 3.8) is 0 Å². The van der Waals surface area contributed by atoms with Gasteiger partial charge in [0.05, 0.1) is 15.5 Å². The summed E-state index contributed by atoms with van der Waals surface area (Å²) in [6, 6.07) is 6.19. The van der Waals surface area contributed by atoms with Crippen LogP contribution in [0.25, 0.3) is 0 Å². The molecule has 0 saturated heterocycles. The number of hydrogen-bond donors (Lipinski definition) is 1. The van der Waals surface area contributed by atoms with Gasteiger partial charge in [-0.1, -0.05) is 23.7 Å². The Morgan fingerprint density at radius 1 is 1.38 bits per heavy atom. The maximum absolute atomic E-state index is 13.3. The molecule has 2 N–H and O–H groups in total. The molecule has 0 aliphatic carbocycles. The first-order chi connectivity index (χ1) is 7.61. The van der Waals surface area contributed by atoms with Crippen LogP contribution in [-0.4, -0.2) is 0 Å². The van der Waals surface area contributed by atoms with Crippen LogP contribution in [0, 0.1) is 5.82 Å². The molecule has 1 unspecified atom stereocenters. The van der Waals surface area contributed by atoms with Gasteiger partial charge in [-0.3, -0.25) is 0 Å². The molecule has 16 heavy (non-hydrogen) atoms. The van der Waals surface area contributed by atoms with Gasteiger partial charge in [-0.2, -0.15) is 0 Å². The molecule has 1 aromatic carbocycles. The third-order valence-electron chi connectivity index (χ3n) is 2.24. The predicted octanol–water partition coefficient (Wildman–Crippen LogP) is 4.35. The number of thiophene rings is 1. The van der Waals surface area contributed by atoms with E-state index in [4.69, 9.17) is 17.3 Å². The van der Waals surface area contributed by atoms with E-state index in [1.807, 2.05) is 5.38 Å². The van der Waals surface area contributed by atoms with E-state index in [0.717, 1.165) is 4.88 Å². The largest absolute Gasteiger partial charge is 0.320 e. The summed E-state index contributed by atoms with van der Waals surface area (Å²) in [6.45, 7) is 0. The molecule has 1 nitrogen and oxygen atoms in total. The normalized spacial score (nSPS) is 12.8. The number of halogens is 3. The van der Waals surface area contributed by atoms with E-state index in [-0.39, 0.29) is 5.82 Å². The van der Waals surface area contributed by atoms with E-state index in [0.29, 0.717) is 15.1 Å². The van der Waals surface area contributed by atoms with Crippen molar-refractivity contribution in [1.29, 1.82) is 0 Å². The lowest BCUT2D eigenvalue weighted by Gasteiger charge is -2.13. The average molecular weight is 321 g/mol. The molecule has 5 heteroatoms. The molecule has 1 aromatic heterocycles. The third kappa shape index (κ3) is 2.15. The van der Waals surface area contributed by atoms with Crippen LogP contribution in [0.4, 0.5) is 4.39 Å². The first-order valence-corrected chi connectivity index (χ1v) is 6.58. The van der Waals surface area contributed by atoms with Gasteiger partial charge >= 0.3 is 0 Å². The fourth-order valence-electron chi connectivity index (χ4n) is 1.43. The van der Waals surface area contributed by atoms with Crippen molar-refractivity contribution in [2.24, 2.45) is 5.73 Å². The molecule has 0 aliphatic rings. The zero-order valence-corrected chi connectivity index (χ0v) is 11.2. The van der Waals surface area contributed by atoms with Crippen LogP contribution in [0.5, 0.6) is 0 Å². The lowest BCUT2D eigenvalue weighted by Crippen LogP contribution is -2.11. The van der Waals surface area contributed by atoms with E-state index in [2.05, 4.69) is 15.9 Å². The second-order valence-electron chi connectivity index (χ2n) is 3.25. The van der Waals surface area contributed by atoms with Crippen LogP contribution in [0.2, 0.25) is 5.02 Å². The van der Waals surface area contributed by atoms with Crippen molar-refractivity contribution in [3.05, 3.63) is 55.4 Å². The summed E-state index contributed by atoms with van der Waals surface area (Å²) in [5.41, 5.74) is 6.76. The summed E-state index contributed by atoms with van der Waals surface area (Å²) in [5, 5.41) is 2.48. The molecule has 84 valence electrons. The second kappa shape index (κ2) is 4.84. The first kappa shape index (κ1) is 12.0. The Kier molecular flexibility index (Phi) is 3.64. The maximum atomic E-state index is 13.3. The SMILES string of the molecule is NC(c1cccc(F)c1Br)c1sccc1Cl. The number of rotatable bonds is 2. The Morgan fingerprint density at radius 2 is 2.12 bits per heavy atom. The molecule has 0 amide bonds. The smallest absolute Gasteiger partial charge is 0.137 e. The third-order valence-corrected chi connectivity index (χ3v) is 4.52. The topological polar surface area (TPSA) is 26.0 Å². The summed E-state index contributed by atoms with van der Waals surface area (Å²) >= 11 is 10.7. The Morgan fingerprint density at radius 3 is 2.75 bits per heavy atom. The molecule has 2 aromatic rings. The molecule has 0 aliphatic heterocycles. The molecule has 1 heterocycles. The second-order valence-corrected chi connectivity index (χ2v) is 5.40. The predicted molar refractivity (Wildman–Crippen MR) is 69.5 cm³/mol. The Hall–Kier alpha value is -0.420. The molecule has 2 rings (SSSR count). The van der Waals surface area contributed by atoms with Crippen molar-refractivity contribution in [2.75, 3.05) is 0 Å². The van der Waals surface area contributed by atoms with Crippen LogP contribution in [-0.2, 0) is 0 Å². The van der Waals surface area contributed by atoms with E-state index >= 15 is 0 Å². The van der Waals surface area contributed by atoms with Gasteiger partial charge in [0, 0.05) is 4.88 Å². The summed E-state index contributed by atoms with van der Waals surface area (Å²) < 4.78 is 13.7. The monoisotopic (exact) mass is 319 g/mol. The summed E-state index contributed by atoms with van der Waals surface area (Å²) in [5.74, 6) is -0.319. The number of hydrogen-bond acceptors (Lipinski definition) is 2. The van der Waals surface area contributed by atoms with Crippen molar-refractivity contribution in [3.8, 4) is 0 Å². The molecule has 0 radical (unpaired) electrons.